The van der Waals surface area contributed by atoms with E-state index in [9.17, 15) is 4.79 Å². The molecule has 138 valence electrons. The van der Waals surface area contributed by atoms with Crippen molar-refractivity contribution in [3.05, 3.63) is 41.0 Å². The van der Waals surface area contributed by atoms with Crippen LogP contribution in [0.15, 0.2) is 24.3 Å². The fraction of sp³-hybridized carbons (Fsp3) is 0.429. The number of amides is 1. The van der Waals surface area contributed by atoms with Gasteiger partial charge in [0, 0.05) is 26.2 Å². The second kappa shape index (κ2) is 5.45. The third-order valence-electron chi connectivity index (χ3n) is 6.72. The van der Waals surface area contributed by atoms with Crippen LogP contribution in [-0.2, 0) is 12.8 Å². The van der Waals surface area contributed by atoms with Crippen LogP contribution in [0.4, 0.5) is 5.82 Å². The highest BCUT2D eigenvalue weighted by Crippen LogP contribution is 2.41. The Bertz CT molecular complexity index is 1090. The second-order valence-corrected chi connectivity index (χ2v) is 8.22. The van der Waals surface area contributed by atoms with Crippen LogP contribution in [0.2, 0.25) is 0 Å². The van der Waals surface area contributed by atoms with E-state index in [0.717, 1.165) is 67.7 Å². The highest BCUT2D eigenvalue weighted by atomic mass is 16.1. The van der Waals surface area contributed by atoms with E-state index in [0.29, 0.717) is 17.4 Å². The topological polar surface area (TPSA) is 75.7 Å². The Labute approximate surface area is 157 Å². The smallest absolute Gasteiger partial charge is 0.252 e. The summed E-state index contributed by atoms with van der Waals surface area (Å²) in [5, 5.41) is 3.53. The number of aromatic nitrogens is 2. The predicted molar refractivity (Wildman–Crippen MR) is 105 cm³/mol. The lowest BCUT2D eigenvalue weighted by molar-refractivity contribution is 0.100. The lowest BCUT2D eigenvalue weighted by Crippen LogP contribution is -2.29. The van der Waals surface area contributed by atoms with Gasteiger partial charge >= 0.3 is 0 Å². The molecule has 6 rings (SSSR count). The first-order valence-electron chi connectivity index (χ1n) is 9.92. The Morgan fingerprint density at radius 1 is 1.11 bits per heavy atom. The summed E-state index contributed by atoms with van der Waals surface area (Å²) >= 11 is 0. The largest absolute Gasteiger partial charge is 0.365 e. The maximum absolute atomic E-state index is 12.4. The normalized spacial score (nSPS) is 24.1. The van der Waals surface area contributed by atoms with Crippen LogP contribution < -0.4 is 16.0 Å². The highest BCUT2D eigenvalue weighted by Gasteiger charge is 2.39. The van der Waals surface area contributed by atoms with Crippen molar-refractivity contribution in [3.63, 3.8) is 0 Å². The van der Waals surface area contributed by atoms with E-state index in [2.05, 4.69) is 20.7 Å². The van der Waals surface area contributed by atoms with Crippen LogP contribution in [0.1, 0.15) is 27.9 Å². The molecule has 0 bridgehead atoms. The van der Waals surface area contributed by atoms with E-state index < -0.39 is 0 Å². The minimum absolute atomic E-state index is 0.359. The van der Waals surface area contributed by atoms with Crippen LogP contribution in [0, 0.1) is 11.8 Å². The molecule has 1 amide bonds. The number of imidazole rings is 1. The SMILES string of the molecule is NC(=O)c1c2c(c(N3C[C@H]4CNC[C@H]4C3)n3c1nc1ccccc13)CCC2. The van der Waals surface area contributed by atoms with Gasteiger partial charge in [0.05, 0.1) is 16.6 Å². The molecule has 0 radical (unpaired) electrons. The van der Waals surface area contributed by atoms with Crippen LogP contribution in [-0.4, -0.2) is 41.5 Å². The number of anilines is 1. The number of rotatable bonds is 2. The van der Waals surface area contributed by atoms with Gasteiger partial charge in [-0.25, -0.2) is 4.98 Å². The van der Waals surface area contributed by atoms with Crippen molar-refractivity contribution >= 4 is 28.4 Å². The van der Waals surface area contributed by atoms with E-state index in [1.807, 2.05) is 18.2 Å². The Kier molecular flexibility index (Phi) is 3.12. The number of hydrogen-bond acceptors (Lipinski definition) is 4. The maximum Gasteiger partial charge on any atom is 0.252 e. The summed E-state index contributed by atoms with van der Waals surface area (Å²) in [4.78, 5) is 19.8. The maximum atomic E-state index is 12.4. The fourth-order valence-electron chi connectivity index (χ4n) is 5.56. The molecule has 2 saturated heterocycles. The molecule has 0 saturated carbocycles. The zero-order valence-electron chi connectivity index (χ0n) is 15.2. The average Bonchev–Trinajstić information content (AvgIpc) is 3.40. The summed E-state index contributed by atoms with van der Waals surface area (Å²) in [5.74, 6) is 2.32. The minimum atomic E-state index is -0.359. The van der Waals surface area contributed by atoms with Gasteiger partial charge in [-0.3, -0.25) is 9.20 Å². The van der Waals surface area contributed by atoms with Crippen molar-refractivity contribution in [1.82, 2.24) is 14.7 Å². The van der Waals surface area contributed by atoms with Crippen LogP contribution in [0.3, 0.4) is 0 Å². The summed E-state index contributed by atoms with van der Waals surface area (Å²) in [6.07, 6.45) is 3.01. The van der Waals surface area contributed by atoms with Crippen molar-refractivity contribution < 1.29 is 4.79 Å². The van der Waals surface area contributed by atoms with E-state index in [4.69, 9.17) is 10.7 Å². The molecule has 2 aliphatic heterocycles. The van der Waals surface area contributed by atoms with Gasteiger partial charge in [0.25, 0.3) is 5.91 Å². The van der Waals surface area contributed by atoms with E-state index >= 15 is 0 Å². The van der Waals surface area contributed by atoms with Gasteiger partial charge in [0.15, 0.2) is 5.65 Å². The quantitative estimate of drug-likeness (QED) is 0.729. The molecule has 3 aliphatic rings. The molecule has 6 nitrogen and oxygen atoms in total. The second-order valence-electron chi connectivity index (χ2n) is 8.22. The molecule has 2 aromatic heterocycles. The van der Waals surface area contributed by atoms with Gasteiger partial charge in [0.2, 0.25) is 0 Å². The lowest BCUT2D eigenvalue weighted by atomic mass is 10.0. The molecular weight excluding hydrogens is 338 g/mol. The van der Waals surface area contributed by atoms with Gasteiger partial charge < -0.3 is 16.0 Å². The predicted octanol–water partition coefficient (Wildman–Crippen LogP) is 1.73. The monoisotopic (exact) mass is 361 g/mol. The van der Waals surface area contributed by atoms with Crippen molar-refractivity contribution in [1.29, 1.82) is 0 Å². The number of fused-ring (bicyclic) bond motifs is 5. The molecule has 1 aliphatic carbocycles. The summed E-state index contributed by atoms with van der Waals surface area (Å²) in [6.45, 7) is 4.36. The van der Waals surface area contributed by atoms with Gasteiger partial charge in [-0.05, 0) is 54.4 Å². The van der Waals surface area contributed by atoms with Crippen LogP contribution >= 0.6 is 0 Å². The molecular formula is C21H23N5O. The zero-order valence-corrected chi connectivity index (χ0v) is 15.2. The first-order chi connectivity index (χ1) is 13.2. The first-order valence-corrected chi connectivity index (χ1v) is 9.92. The van der Waals surface area contributed by atoms with Gasteiger partial charge in [-0.1, -0.05) is 12.1 Å². The minimum Gasteiger partial charge on any atom is -0.365 e. The molecule has 3 aromatic rings. The molecule has 0 unspecified atom stereocenters. The third kappa shape index (κ3) is 2.04. The highest BCUT2D eigenvalue weighted by molar-refractivity contribution is 6.03. The number of para-hydroxylation sites is 2. The fourth-order valence-corrected chi connectivity index (χ4v) is 5.56. The number of primary amides is 1. The van der Waals surface area contributed by atoms with Crippen molar-refractivity contribution in [2.24, 2.45) is 17.6 Å². The van der Waals surface area contributed by atoms with Gasteiger partial charge in [-0.15, -0.1) is 0 Å². The molecule has 3 N–H and O–H groups in total. The molecule has 0 spiro atoms. The number of benzene rings is 1. The Morgan fingerprint density at radius 3 is 2.63 bits per heavy atom. The Morgan fingerprint density at radius 2 is 1.85 bits per heavy atom. The third-order valence-corrected chi connectivity index (χ3v) is 6.72. The number of nitrogens with two attached hydrogens (primary N) is 1. The number of carbonyl (C=O) groups excluding carboxylic acids is 1. The van der Waals surface area contributed by atoms with Crippen LogP contribution in [0.25, 0.3) is 16.7 Å². The summed E-state index contributed by atoms with van der Waals surface area (Å²) in [7, 11) is 0. The molecule has 4 heterocycles. The number of carbonyl (C=O) groups is 1. The molecule has 27 heavy (non-hydrogen) atoms. The summed E-state index contributed by atoms with van der Waals surface area (Å²) in [5.41, 5.74) is 11.6. The first kappa shape index (κ1) is 15.5. The summed E-state index contributed by atoms with van der Waals surface area (Å²) < 4.78 is 2.22. The standard InChI is InChI=1S/C21H23N5O/c22-19(27)18-14-4-3-5-15(14)21(25-10-12-8-23-9-13(12)11-25)26-17-7-2-1-6-16(17)24-20(18)26/h1-2,6-7,12-13,23H,3-5,8-11H2,(H2,22,27)/t12-,13+. The van der Waals surface area contributed by atoms with E-state index in [1.54, 1.807) is 0 Å². The average molecular weight is 361 g/mol. The number of nitrogens with zero attached hydrogens (tertiary/aromatic N) is 3. The summed E-state index contributed by atoms with van der Waals surface area (Å²) in [6, 6.07) is 8.16. The number of hydrogen-bond donors (Lipinski definition) is 2. The zero-order chi connectivity index (χ0) is 18.1. The van der Waals surface area contributed by atoms with Gasteiger partial charge in [0.1, 0.15) is 5.82 Å². The Hall–Kier alpha value is -2.60. The van der Waals surface area contributed by atoms with Crippen molar-refractivity contribution in [3.8, 4) is 0 Å². The van der Waals surface area contributed by atoms with Gasteiger partial charge in [-0.2, -0.15) is 0 Å². The van der Waals surface area contributed by atoms with Crippen molar-refractivity contribution in [2.75, 3.05) is 31.1 Å². The molecule has 1 aromatic carbocycles. The van der Waals surface area contributed by atoms with E-state index in [1.165, 1.54) is 11.4 Å². The molecule has 2 fully saturated rings. The Balaban J connectivity index is 1.69. The van der Waals surface area contributed by atoms with E-state index in [-0.39, 0.29) is 5.91 Å². The lowest BCUT2D eigenvalue weighted by Gasteiger charge is -2.26. The molecule has 6 heteroatoms. The van der Waals surface area contributed by atoms with Crippen LogP contribution in [0.5, 0.6) is 0 Å². The molecule has 2 atom stereocenters. The van der Waals surface area contributed by atoms with Crippen molar-refractivity contribution in [2.45, 2.75) is 19.3 Å². The number of pyridine rings is 1. The number of nitrogens with one attached hydrogen (secondary N) is 1.